The van der Waals surface area contributed by atoms with Gasteiger partial charge in [0.1, 0.15) is 23.4 Å². The number of hydrogen-bond acceptors (Lipinski definition) is 6. The number of likely N-dealkylation sites (N-methyl/N-ethyl adjacent to an activating group) is 1. The maximum absolute atomic E-state index is 13.8. The van der Waals surface area contributed by atoms with Gasteiger partial charge in [-0.15, -0.1) is 0 Å². The second kappa shape index (κ2) is 12.2. The zero-order valence-electron chi connectivity index (χ0n) is 22.0. The van der Waals surface area contributed by atoms with Gasteiger partial charge in [0, 0.05) is 23.5 Å². The number of para-hydroxylation sites is 2. The van der Waals surface area contributed by atoms with Gasteiger partial charge in [-0.1, -0.05) is 36.4 Å². The summed E-state index contributed by atoms with van der Waals surface area (Å²) in [6, 6.07) is 8.50. The number of amides is 3. The lowest BCUT2D eigenvalue weighted by Crippen LogP contribution is -2.53. The lowest BCUT2D eigenvalue weighted by atomic mass is 9.99. The molecule has 0 fully saturated rings. The molecule has 0 aromatic heterocycles. The maximum Gasteiger partial charge on any atom is 0.408 e. The average Bonchev–Trinajstić information content (AvgIpc) is 2.78. The van der Waals surface area contributed by atoms with Gasteiger partial charge in [0.05, 0.1) is 0 Å². The first-order chi connectivity index (χ1) is 16.8. The molecule has 0 heterocycles. The Bertz CT molecular complexity index is 1090. The van der Waals surface area contributed by atoms with E-state index in [0.717, 1.165) is 11.1 Å². The summed E-state index contributed by atoms with van der Waals surface area (Å²) >= 11 is 4.26. The van der Waals surface area contributed by atoms with E-state index in [2.05, 4.69) is 23.3 Å². The summed E-state index contributed by atoms with van der Waals surface area (Å²) < 4.78 is 5.29. The Morgan fingerprint density at radius 2 is 1.58 bits per heavy atom. The fraction of sp³-hybridized carbons (Fsp3) is 0.444. The molecule has 0 saturated heterocycles. The van der Waals surface area contributed by atoms with Crippen molar-refractivity contribution in [2.24, 2.45) is 0 Å². The SMILES string of the molecule is CCN(C(=O)C(CS)NC(=O)OC(C)(C)C)C(C(=O)Nc1c(C)cccc1C)c1cccc(C)c1O. The first-order valence-corrected chi connectivity index (χ1v) is 12.5. The van der Waals surface area contributed by atoms with Crippen LogP contribution < -0.4 is 10.6 Å². The zero-order valence-corrected chi connectivity index (χ0v) is 22.9. The van der Waals surface area contributed by atoms with Crippen molar-refractivity contribution in [3.63, 3.8) is 0 Å². The number of aromatic hydroxyl groups is 1. The molecule has 3 N–H and O–H groups in total. The summed E-state index contributed by atoms with van der Waals surface area (Å²) in [7, 11) is 0. The molecule has 2 atom stereocenters. The van der Waals surface area contributed by atoms with Gasteiger partial charge in [-0.25, -0.2) is 4.79 Å². The molecule has 2 aromatic carbocycles. The van der Waals surface area contributed by atoms with E-state index in [1.807, 2.05) is 32.0 Å². The average molecular weight is 516 g/mol. The van der Waals surface area contributed by atoms with Crippen molar-refractivity contribution in [3.05, 3.63) is 58.7 Å². The van der Waals surface area contributed by atoms with Crippen LogP contribution in [0.1, 0.15) is 56.0 Å². The largest absolute Gasteiger partial charge is 0.507 e. The lowest BCUT2D eigenvalue weighted by molar-refractivity contribution is -0.140. The number of benzene rings is 2. The molecule has 0 aliphatic rings. The van der Waals surface area contributed by atoms with Gasteiger partial charge >= 0.3 is 6.09 Å². The molecule has 0 saturated carbocycles. The third-order valence-corrected chi connectivity index (χ3v) is 6.01. The number of rotatable bonds is 8. The number of nitrogens with zero attached hydrogens (tertiary/aromatic N) is 1. The summed E-state index contributed by atoms with van der Waals surface area (Å²) in [5.41, 5.74) is 2.47. The smallest absolute Gasteiger partial charge is 0.408 e. The van der Waals surface area contributed by atoms with Crippen molar-refractivity contribution in [1.29, 1.82) is 0 Å². The van der Waals surface area contributed by atoms with E-state index in [-0.39, 0.29) is 23.6 Å². The molecule has 36 heavy (non-hydrogen) atoms. The normalized spacial score (nSPS) is 12.9. The van der Waals surface area contributed by atoms with Crippen LogP contribution in [0.15, 0.2) is 36.4 Å². The minimum absolute atomic E-state index is 0.0143. The van der Waals surface area contributed by atoms with Crippen LogP contribution in [0.3, 0.4) is 0 Å². The van der Waals surface area contributed by atoms with E-state index in [9.17, 15) is 19.5 Å². The van der Waals surface area contributed by atoms with Crippen molar-refractivity contribution in [2.75, 3.05) is 17.6 Å². The highest BCUT2D eigenvalue weighted by Crippen LogP contribution is 2.33. The highest BCUT2D eigenvalue weighted by Gasteiger charge is 2.36. The number of hydrogen-bond donors (Lipinski definition) is 4. The van der Waals surface area contributed by atoms with Crippen molar-refractivity contribution in [2.45, 2.75) is 66.2 Å². The molecule has 2 unspecified atom stereocenters. The summed E-state index contributed by atoms with van der Waals surface area (Å²) in [4.78, 5) is 41.1. The molecule has 9 heteroatoms. The van der Waals surface area contributed by atoms with Crippen LogP contribution in [0.4, 0.5) is 10.5 Å². The number of phenols is 1. The van der Waals surface area contributed by atoms with Crippen molar-refractivity contribution in [1.82, 2.24) is 10.2 Å². The standard InChI is InChI=1S/C27H37N3O5S/c1-8-30(25(33)20(15-36)28-26(34)35-27(5,6)7)22(19-14-10-13-18(4)23(19)31)24(32)29-21-16(2)11-9-12-17(21)3/h9-14,20,22,31,36H,8,15H2,1-7H3,(H,28,34)(H,29,32). The molecular weight excluding hydrogens is 478 g/mol. The number of aryl methyl sites for hydroxylation is 3. The van der Waals surface area contributed by atoms with Gasteiger partial charge in [-0.05, 0) is 65.2 Å². The highest BCUT2D eigenvalue weighted by atomic mass is 32.1. The quantitative estimate of drug-likeness (QED) is 0.382. The van der Waals surface area contributed by atoms with E-state index in [1.165, 1.54) is 4.90 Å². The molecular formula is C27H37N3O5S. The zero-order chi connectivity index (χ0) is 27.2. The number of carbonyl (C=O) groups excluding carboxylic acids is 3. The molecule has 196 valence electrons. The second-order valence-corrected chi connectivity index (χ2v) is 10.0. The Morgan fingerprint density at radius 3 is 2.11 bits per heavy atom. The number of anilines is 1. The minimum atomic E-state index is -1.16. The van der Waals surface area contributed by atoms with E-state index in [1.54, 1.807) is 52.8 Å². The monoisotopic (exact) mass is 515 g/mol. The van der Waals surface area contributed by atoms with E-state index in [0.29, 0.717) is 11.3 Å². The predicted octanol–water partition coefficient (Wildman–Crippen LogP) is 4.67. The van der Waals surface area contributed by atoms with E-state index < -0.39 is 35.6 Å². The molecule has 0 aliphatic heterocycles. The number of thiol groups is 1. The van der Waals surface area contributed by atoms with E-state index >= 15 is 0 Å². The Balaban J connectivity index is 2.50. The van der Waals surface area contributed by atoms with Gasteiger partial charge in [0.25, 0.3) is 5.91 Å². The topological polar surface area (TPSA) is 108 Å². The van der Waals surface area contributed by atoms with Gasteiger partial charge in [0.2, 0.25) is 5.91 Å². The van der Waals surface area contributed by atoms with Crippen LogP contribution in [0, 0.1) is 20.8 Å². The van der Waals surface area contributed by atoms with Crippen LogP contribution in [0.5, 0.6) is 5.75 Å². The molecule has 2 rings (SSSR count). The number of ether oxygens (including phenoxy) is 1. The Hall–Kier alpha value is -3.20. The highest BCUT2D eigenvalue weighted by molar-refractivity contribution is 7.80. The fourth-order valence-corrected chi connectivity index (χ4v) is 4.10. The van der Waals surface area contributed by atoms with Crippen LogP contribution in [-0.4, -0.2) is 51.9 Å². The van der Waals surface area contributed by atoms with Gasteiger partial charge in [-0.2, -0.15) is 12.6 Å². The number of carbonyl (C=O) groups is 3. The molecule has 0 spiro atoms. The molecule has 0 bridgehead atoms. The predicted molar refractivity (Wildman–Crippen MR) is 145 cm³/mol. The van der Waals surface area contributed by atoms with Crippen molar-refractivity contribution < 1.29 is 24.2 Å². The van der Waals surface area contributed by atoms with Gasteiger partial charge in [-0.3, -0.25) is 9.59 Å². The van der Waals surface area contributed by atoms with Crippen molar-refractivity contribution >= 4 is 36.2 Å². The third-order valence-electron chi connectivity index (χ3n) is 5.65. The lowest BCUT2D eigenvalue weighted by Gasteiger charge is -2.34. The number of nitrogens with one attached hydrogen (secondary N) is 2. The van der Waals surface area contributed by atoms with Crippen LogP contribution in [0.25, 0.3) is 0 Å². The first kappa shape index (κ1) is 29.0. The van der Waals surface area contributed by atoms with Gasteiger partial charge < -0.3 is 25.4 Å². The van der Waals surface area contributed by atoms with Crippen LogP contribution in [-0.2, 0) is 14.3 Å². The Kier molecular flexibility index (Phi) is 9.81. The first-order valence-electron chi connectivity index (χ1n) is 11.9. The Morgan fingerprint density at radius 1 is 1.03 bits per heavy atom. The molecule has 8 nitrogen and oxygen atoms in total. The fourth-order valence-electron chi connectivity index (χ4n) is 3.86. The summed E-state index contributed by atoms with van der Waals surface area (Å²) in [6.07, 6.45) is -0.763. The van der Waals surface area contributed by atoms with Crippen molar-refractivity contribution in [3.8, 4) is 5.75 Å². The molecule has 2 aromatic rings. The van der Waals surface area contributed by atoms with Gasteiger partial charge in [0.15, 0.2) is 0 Å². The van der Waals surface area contributed by atoms with Crippen LogP contribution in [0.2, 0.25) is 0 Å². The minimum Gasteiger partial charge on any atom is -0.507 e. The summed E-state index contributed by atoms with van der Waals surface area (Å²) in [5.74, 6) is -1.10. The maximum atomic E-state index is 13.8. The molecule has 0 aliphatic carbocycles. The molecule has 3 amide bonds. The second-order valence-electron chi connectivity index (χ2n) is 9.68. The van der Waals surface area contributed by atoms with Crippen LogP contribution >= 0.6 is 12.6 Å². The third kappa shape index (κ3) is 7.16. The number of alkyl carbamates (subject to hydrolysis) is 1. The summed E-state index contributed by atoms with van der Waals surface area (Å²) in [6.45, 7) is 12.5. The van der Waals surface area contributed by atoms with E-state index in [4.69, 9.17) is 4.74 Å². The molecule has 0 radical (unpaired) electrons. The number of phenolic OH excluding ortho intramolecular Hbond substituents is 1. The Labute approximate surface area is 218 Å². The summed E-state index contributed by atoms with van der Waals surface area (Å²) in [5, 5.41) is 16.4.